The van der Waals surface area contributed by atoms with E-state index >= 15 is 0 Å². The van der Waals surface area contributed by atoms with Crippen LogP contribution < -0.4 is 4.90 Å². The first-order valence-corrected chi connectivity index (χ1v) is 7.59. The molecule has 3 heterocycles. The summed E-state index contributed by atoms with van der Waals surface area (Å²) in [5, 5.41) is 0. The summed E-state index contributed by atoms with van der Waals surface area (Å²) in [6, 6.07) is 7.64. The number of hydrogen-bond acceptors (Lipinski definition) is 5. The van der Waals surface area contributed by atoms with Crippen LogP contribution in [0.1, 0.15) is 28.4 Å². The van der Waals surface area contributed by atoms with E-state index in [1.54, 1.807) is 12.4 Å². The minimum atomic E-state index is -0.264. The van der Waals surface area contributed by atoms with E-state index in [0.29, 0.717) is 18.7 Å². The monoisotopic (exact) mass is 308 g/mol. The van der Waals surface area contributed by atoms with E-state index in [0.717, 1.165) is 34.7 Å². The molecule has 0 saturated heterocycles. The Morgan fingerprint density at radius 2 is 2.26 bits per heavy atom. The van der Waals surface area contributed by atoms with Gasteiger partial charge in [0.15, 0.2) is 0 Å². The van der Waals surface area contributed by atoms with Gasteiger partial charge in [-0.15, -0.1) is 0 Å². The van der Waals surface area contributed by atoms with Crippen molar-refractivity contribution < 1.29 is 9.53 Å². The van der Waals surface area contributed by atoms with Gasteiger partial charge in [-0.3, -0.25) is 4.98 Å². The molecular formula is C17H16N4O2. The molecule has 4 rings (SSSR count). The number of pyridine rings is 1. The third-order valence-corrected chi connectivity index (χ3v) is 4.05. The third kappa shape index (κ3) is 2.32. The van der Waals surface area contributed by atoms with Crippen LogP contribution in [0.4, 0.5) is 5.95 Å². The molecule has 0 atom stereocenters. The van der Waals surface area contributed by atoms with E-state index in [9.17, 15) is 4.79 Å². The number of carbonyl (C=O) groups is 1. The molecule has 23 heavy (non-hydrogen) atoms. The number of rotatable bonds is 3. The minimum Gasteiger partial charge on any atom is -0.462 e. The second-order valence-corrected chi connectivity index (χ2v) is 5.47. The number of nitrogens with zero attached hydrogens (tertiary/aromatic N) is 3. The molecule has 0 spiro atoms. The summed E-state index contributed by atoms with van der Waals surface area (Å²) in [6.45, 7) is 3.55. The van der Waals surface area contributed by atoms with Crippen LogP contribution in [0.5, 0.6) is 0 Å². The Morgan fingerprint density at radius 3 is 3.09 bits per heavy atom. The molecule has 3 aromatic rings. The number of imidazole rings is 1. The molecular weight excluding hydrogens is 292 g/mol. The molecule has 2 aromatic heterocycles. The lowest BCUT2D eigenvalue weighted by atomic mass is 10.0. The van der Waals surface area contributed by atoms with Gasteiger partial charge in [-0.1, -0.05) is 12.1 Å². The number of anilines is 1. The Morgan fingerprint density at radius 1 is 1.35 bits per heavy atom. The molecule has 116 valence electrons. The summed E-state index contributed by atoms with van der Waals surface area (Å²) < 4.78 is 5.15. The number of hydrogen-bond donors (Lipinski definition) is 1. The first-order chi connectivity index (χ1) is 11.3. The number of fused-ring (bicyclic) bond motifs is 2. The highest BCUT2D eigenvalue weighted by molar-refractivity contribution is 5.92. The zero-order chi connectivity index (χ0) is 15.8. The zero-order valence-electron chi connectivity index (χ0n) is 12.7. The van der Waals surface area contributed by atoms with Gasteiger partial charge in [0, 0.05) is 19.3 Å². The maximum absolute atomic E-state index is 12.1. The Kier molecular flexibility index (Phi) is 3.22. The molecule has 0 saturated carbocycles. The largest absolute Gasteiger partial charge is 0.462 e. The van der Waals surface area contributed by atoms with Crippen molar-refractivity contribution in [2.45, 2.75) is 20.0 Å². The molecule has 1 aromatic carbocycles. The molecule has 0 bridgehead atoms. The fourth-order valence-corrected chi connectivity index (χ4v) is 2.96. The molecule has 0 radical (unpaired) electrons. The van der Waals surface area contributed by atoms with Crippen molar-refractivity contribution in [2.24, 2.45) is 0 Å². The zero-order valence-corrected chi connectivity index (χ0v) is 12.7. The van der Waals surface area contributed by atoms with Gasteiger partial charge >= 0.3 is 5.97 Å². The van der Waals surface area contributed by atoms with Crippen molar-refractivity contribution >= 4 is 23.0 Å². The van der Waals surface area contributed by atoms with Crippen LogP contribution in [0.3, 0.4) is 0 Å². The standard InChI is InChI=1S/C17H16N4O2/c1-2-23-16(22)12-5-3-4-11-9-21(10-13(11)12)17-19-14-6-7-18-8-15(14)20-17/h3-8H,2,9-10H2,1H3,(H,19,20). The number of ether oxygens (including phenoxy) is 1. The van der Waals surface area contributed by atoms with Crippen molar-refractivity contribution in [1.82, 2.24) is 15.0 Å². The molecule has 0 aliphatic carbocycles. The minimum absolute atomic E-state index is 0.264. The van der Waals surface area contributed by atoms with Crippen molar-refractivity contribution in [2.75, 3.05) is 11.5 Å². The predicted octanol–water partition coefficient (Wildman–Crippen LogP) is 2.65. The van der Waals surface area contributed by atoms with Crippen molar-refractivity contribution in [3.63, 3.8) is 0 Å². The molecule has 1 N–H and O–H groups in total. The Balaban J connectivity index is 1.67. The molecule has 1 aliphatic rings. The van der Waals surface area contributed by atoms with Crippen molar-refractivity contribution in [3.05, 3.63) is 53.3 Å². The normalized spacial score (nSPS) is 13.3. The van der Waals surface area contributed by atoms with E-state index in [4.69, 9.17) is 4.74 Å². The Hall–Kier alpha value is -2.89. The van der Waals surface area contributed by atoms with Gasteiger partial charge in [0.25, 0.3) is 0 Å². The number of aromatic amines is 1. The van der Waals surface area contributed by atoms with Crippen LogP contribution >= 0.6 is 0 Å². The highest BCUT2D eigenvalue weighted by atomic mass is 16.5. The van der Waals surface area contributed by atoms with Crippen LogP contribution in [-0.2, 0) is 17.8 Å². The third-order valence-electron chi connectivity index (χ3n) is 4.05. The second kappa shape index (κ2) is 5.39. The van der Waals surface area contributed by atoms with E-state index in [2.05, 4.69) is 19.9 Å². The van der Waals surface area contributed by atoms with Crippen LogP contribution in [0.25, 0.3) is 11.0 Å². The summed E-state index contributed by atoms with van der Waals surface area (Å²) in [6.07, 6.45) is 3.49. The van der Waals surface area contributed by atoms with Gasteiger partial charge in [0.05, 0.1) is 29.4 Å². The maximum Gasteiger partial charge on any atom is 0.338 e. The predicted molar refractivity (Wildman–Crippen MR) is 86.2 cm³/mol. The lowest BCUT2D eigenvalue weighted by Crippen LogP contribution is -2.16. The molecule has 6 nitrogen and oxygen atoms in total. The SMILES string of the molecule is CCOC(=O)c1cccc2c1CN(c1nc3ccncc3[nH]1)C2. The smallest absolute Gasteiger partial charge is 0.338 e. The molecule has 1 aliphatic heterocycles. The molecule has 6 heteroatoms. The number of benzene rings is 1. The first kappa shape index (κ1) is 13.8. The number of carbonyl (C=O) groups excluding carboxylic acids is 1. The van der Waals surface area contributed by atoms with Gasteiger partial charge in [0.1, 0.15) is 0 Å². The number of H-pyrrole nitrogens is 1. The summed E-state index contributed by atoms with van der Waals surface area (Å²) in [4.78, 5) is 26.2. The highest BCUT2D eigenvalue weighted by Crippen LogP contribution is 2.30. The molecule has 0 unspecified atom stereocenters. The quantitative estimate of drug-likeness (QED) is 0.753. The van der Waals surface area contributed by atoms with Gasteiger partial charge < -0.3 is 14.6 Å². The maximum atomic E-state index is 12.1. The Bertz CT molecular complexity index is 854. The van der Waals surface area contributed by atoms with Crippen molar-refractivity contribution in [1.29, 1.82) is 0 Å². The van der Waals surface area contributed by atoms with Crippen LogP contribution in [0, 0.1) is 0 Å². The van der Waals surface area contributed by atoms with E-state index in [1.165, 1.54) is 0 Å². The van der Waals surface area contributed by atoms with E-state index in [-0.39, 0.29) is 5.97 Å². The lowest BCUT2D eigenvalue weighted by Gasteiger charge is -2.13. The summed E-state index contributed by atoms with van der Waals surface area (Å²) in [7, 11) is 0. The average Bonchev–Trinajstić information content (AvgIpc) is 3.18. The van der Waals surface area contributed by atoms with Crippen LogP contribution in [0.15, 0.2) is 36.7 Å². The summed E-state index contributed by atoms with van der Waals surface area (Å²) in [5.41, 5.74) is 4.59. The van der Waals surface area contributed by atoms with Gasteiger partial charge in [-0.2, -0.15) is 0 Å². The fourth-order valence-electron chi connectivity index (χ4n) is 2.96. The summed E-state index contributed by atoms with van der Waals surface area (Å²) in [5.74, 6) is 0.527. The second-order valence-electron chi connectivity index (χ2n) is 5.47. The number of esters is 1. The lowest BCUT2D eigenvalue weighted by molar-refractivity contribution is 0.0525. The van der Waals surface area contributed by atoms with Gasteiger partial charge in [-0.05, 0) is 30.2 Å². The summed E-state index contributed by atoms with van der Waals surface area (Å²) >= 11 is 0. The first-order valence-electron chi connectivity index (χ1n) is 7.59. The van der Waals surface area contributed by atoms with Crippen LogP contribution in [-0.4, -0.2) is 27.5 Å². The fraction of sp³-hybridized carbons (Fsp3) is 0.235. The highest BCUT2D eigenvalue weighted by Gasteiger charge is 2.26. The van der Waals surface area contributed by atoms with Crippen molar-refractivity contribution in [3.8, 4) is 0 Å². The van der Waals surface area contributed by atoms with E-state index < -0.39 is 0 Å². The van der Waals surface area contributed by atoms with Crippen LogP contribution in [0.2, 0.25) is 0 Å². The number of nitrogens with one attached hydrogen (secondary N) is 1. The molecule has 0 amide bonds. The number of aromatic nitrogens is 3. The van der Waals surface area contributed by atoms with E-state index in [1.807, 2.05) is 31.2 Å². The molecule has 0 fully saturated rings. The van der Waals surface area contributed by atoms with Gasteiger partial charge in [-0.25, -0.2) is 9.78 Å². The average molecular weight is 308 g/mol. The topological polar surface area (TPSA) is 71.1 Å². The Labute approximate surface area is 133 Å². The van der Waals surface area contributed by atoms with Gasteiger partial charge in [0.2, 0.25) is 5.95 Å².